The smallest absolute Gasteiger partial charge is 0.332 e. The van der Waals surface area contributed by atoms with Crippen LogP contribution < -0.4 is 29.6 Å². The summed E-state index contributed by atoms with van der Waals surface area (Å²) in [5, 5.41) is 11.4. The number of carbonyl (C=O) groups is 2. The van der Waals surface area contributed by atoms with Crippen LogP contribution in [0.2, 0.25) is 0 Å². The predicted molar refractivity (Wildman–Crippen MR) is 180 cm³/mol. The Morgan fingerprint density at radius 1 is 0.688 bits per heavy atom. The Bertz CT molecular complexity index is 1560. The fraction of sp³-hybridized carbons (Fsp3) is 0.353. The number of nitroso groups, excluding NO2 is 2. The van der Waals surface area contributed by atoms with Crippen LogP contribution in [0, 0.1) is 9.81 Å². The third kappa shape index (κ3) is 10.1. The minimum absolute atomic E-state index is 0.131. The lowest BCUT2D eigenvalue weighted by Crippen LogP contribution is -2.45. The second-order valence-corrected chi connectivity index (χ2v) is 11.1. The molecule has 2 aromatic carbocycles. The van der Waals surface area contributed by atoms with Gasteiger partial charge in [-0.3, -0.25) is 19.4 Å². The Morgan fingerprint density at radius 3 is 1.77 bits per heavy atom. The monoisotopic (exact) mass is 660 g/mol. The Morgan fingerprint density at radius 2 is 1.23 bits per heavy atom. The van der Waals surface area contributed by atoms with Gasteiger partial charge in [-0.2, -0.15) is 0 Å². The van der Waals surface area contributed by atoms with Crippen molar-refractivity contribution in [3.8, 4) is 23.0 Å². The van der Waals surface area contributed by atoms with Crippen molar-refractivity contribution < 1.29 is 28.5 Å². The van der Waals surface area contributed by atoms with E-state index in [0.717, 1.165) is 16.8 Å². The first kappa shape index (κ1) is 35.5. The number of amides is 2. The van der Waals surface area contributed by atoms with Crippen molar-refractivity contribution in [3.63, 3.8) is 0 Å². The third-order valence-electron chi connectivity index (χ3n) is 7.77. The van der Waals surface area contributed by atoms with Gasteiger partial charge in [0.1, 0.15) is 34.7 Å². The standard InChI is InChI=1S/C34H40N6O8/c1-45-27-13-23(14-28(17-27)46-2)19-39(21-25-7-5-9-31(35-25)33(41)37-43)11-12-40(20-24-15-29(47-3)18-30(16-24)48-4)22-26-8-6-10-32(36-26)34(42)38-44/h5-10,13-18,25,32,35-36H,11-12,19-22H2,1-4H3. The van der Waals surface area contributed by atoms with Gasteiger partial charge in [-0.15, -0.1) is 9.81 Å². The average molecular weight is 661 g/mol. The molecular formula is C34H40N6O8. The fourth-order valence-electron chi connectivity index (χ4n) is 5.43. The number of rotatable bonds is 17. The molecule has 254 valence electrons. The molecule has 2 aliphatic rings. The predicted octanol–water partition coefficient (Wildman–Crippen LogP) is 3.44. The van der Waals surface area contributed by atoms with E-state index in [0.29, 0.717) is 62.3 Å². The first-order valence-corrected chi connectivity index (χ1v) is 15.2. The summed E-state index contributed by atoms with van der Waals surface area (Å²) in [6.07, 6.45) is 10.4. The van der Waals surface area contributed by atoms with Crippen molar-refractivity contribution in [2.24, 2.45) is 10.4 Å². The quantitative estimate of drug-likeness (QED) is 0.238. The summed E-state index contributed by atoms with van der Waals surface area (Å²) in [5.41, 5.74) is 2.76. The molecule has 2 heterocycles. The number of benzene rings is 2. The number of dihydropyridines is 2. The van der Waals surface area contributed by atoms with Crippen molar-refractivity contribution in [1.82, 2.24) is 20.4 Å². The summed E-state index contributed by atoms with van der Waals surface area (Å²) in [4.78, 5) is 50.3. The highest BCUT2D eigenvalue weighted by Crippen LogP contribution is 2.25. The van der Waals surface area contributed by atoms with Gasteiger partial charge >= 0.3 is 11.8 Å². The number of hydrogen-bond donors (Lipinski definition) is 2. The second kappa shape index (κ2) is 17.5. The van der Waals surface area contributed by atoms with Crippen molar-refractivity contribution in [3.05, 3.63) is 105 Å². The number of ether oxygens (including phenoxy) is 4. The molecule has 2 atom stereocenters. The molecule has 0 bridgehead atoms. The van der Waals surface area contributed by atoms with E-state index < -0.39 is 17.9 Å². The molecule has 2 amide bonds. The molecule has 0 spiro atoms. The number of allylic oxidation sites excluding steroid dienone is 4. The highest BCUT2D eigenvalue weighted by atomic mass is 16.5. The van der Waals surface area contributed by atoms with Crippen LogP contribution in [0.5, 0.6) is 23.0 Å². The third-order valence-corrected chi connectivity index (χ3v) is 7.77. The van der Waals surface area contributed by atoms with Crippen LogP contribution in [-0.4, -0.2) is 88.3 Å². The lowest BCUT2D eigenvalue weighted by Gasteiger charge is -2.32. The largest absolute Gasteiger partial charge is 0.497 e. The summed E-state index contributed by atoms with van der Waals surface area (Å²) in [5.74, 6) is 0.939. The Labute approximate surface area is 279 Å². The normalized spacial score (nSPS) is 16.7. The molecule has 2 aliphatic heterocycles. The molecule has 14 nitrogen and oxygen atoms in total. The van der Waals surface area contributed by atoms with Crippen LogP contribution in [0.1, 0.15) is 11.1 Å². The SMILES string of the molecule is COc1cc(CN(CCN(Cc2cc(OC)cc(OC)c2)CC2C=CC=C(C(=O)N=O)N2)CC2=CC=CC(C(=O)N=O)N2)cc(OC)c1. The maximum absolute atomic E-state index is 12.0. The molecule has 14 heteroatoms. The molecule has 4 rings (SSSR count). The summed E-state index contributed by atoms with van der Waals surface area (Å²) in [7, 11) is 6.38. The first-order chi connectivity index (χ1) is 23.3. The van der Waals surface area contributed by atoms with Gasteiger partial charge in [0.2, 0.25) is 0 Å². The van der Waals surface area contributed by atoms with E-state index in [4.69, 9.17) is 18.9 Å². The van der Waals surface area contributed by atoms with Crippen LogP contribution in [-0.2, 0) is 22.7 Å². The van der Waals surface area contributed by atoms with Gasteiger partial charge in [-0.05, 0) is 47.5 Å². The lowest BCUT2D eigenvalue weighted by atomic mass is 10.1. The molecule has 0 aliphatic carbocycles. The van der Waals surface area contributed by atoms with E-state index in [2.05, 4.69) is 30.8 Å². The van der Waals surface area contributed by atoms with Crippen LogP contribution in [0.4, 0.5) is 0 Å². The number of nitrogens with zero attached hydrogens (tertiary/aromatic N) is 4. The van der Waals surface area contributed by atoms with E-state index in [1.165, 1.54) is 6.08 Å². The molecule has 0 aromatic heterocycles. The van der Waals surface area contributed by atoms with Crippen LogP contribution in [0.15, 0.2) is 94.6 Å². The minimum atomic E-state index is -0.864. The molecule has 48 heavy (non-hydrogen) atoms. The van der Waals surface area contributed by atoms with E-state index in [1.54, 1.807) is 58.8 Å². The van der Waals surface area contributed by atoms with Gasteiger partial charge in [0.05, 0.1) is 34.5 Å². The number of carbonyl (C=O) groups excluding carboxylic acids is 2. The molecule has 2 N–H and O–H groups in total. The average Bonchev–Trinajstić information content (AvgIpc) is 3.12. The zero-order valence-corrected chi connectivity index (χ0v) is 27.4. The van der Waals surface area contributed by atoms with Gasteiger partial charge in [0.15, 0.2) is 0 Å². The minimum Gasteiger partial charge on any atom is -0.497 e. The number of hydrogen-bond acceptors (Lipinski definition) is 12. The first-order valence-electron chi connectivity index (χ1n) is 15.2. The summed E-state index contributed by atoms with van der Waals surface area (Å²) in [6, 6.07) is 10.2. The van der Waals surface area contributed by atoms with Crippen molar-refractivity contribution in [1.29, 1.82) is 0 Å². The fourth-order valence-corrected chi connectivity index (χ4v) is 5.43. The number of methoxy groups -OCH3 is 4. The zero-order chi connectivity index (χ0) is 34.5. The maximum atomic E-state index is 12.0. The summed E-state index contributed by atoms with van der Waals surface area (Å²) < 4.78 is 22.0. The van der Waals surface area contributed by atoms with E-state index in [9.17, 15) is 19.4 Å². The molecule has 0 saturated heterocycles. The molecule has 0 radical (unpaired) electrons. The van der Waals surface area contributed by atoms with Crippen LogP contribution in [0.3, 0.4) is 0 Å². The zero-order valence-electron chi connectivity index (χ0n) is 27.4. The van der Waals surface area contributed by atoms with E-state index >= 15 is 0 Å². The van der Waals surface area contributed by atoms with Gasteiger partial charge in [-0.1, -0.05) is 24.3 Å². The van der Waals surface area contributed by atoms with Gasteiger partial charge in [0, 0.05) is 67.5 Å². The topological polar surface area (TPSA) is 160 Å². The maximum Gasteiger partial charge on any atom is 0.332 e. The Hall–Kier alpha value is -5.34. The molecule has 0 fully saturated rings. The Kier molecular flexibility index (Phi) is 13.0. The van der Waals surface area contributed by atoms with Gasteiger partial charge < -0.3 is 29.6 Å². The van der Waals surface area contributed by atoms with Crippen molar-refractivity contribution in [2.75, 3.05) is 54.6 Å². The highest BCUT2D eigenvalue weighted by molar-refractivity contribution is 5.94. The van der Waals surface area contributed by atoms with Crippen LogP contribution in [0.25, 0.3) is 0 Å². The van der Waals surface area contributed by atoms with Crippen LogP contribution >= 0.6 is 0 Å². The van der Waals surface area contributed by atoms with E-state index in [-0.39, 0.29) is 11.7 Å². The molecular weight excluding hydrogens is 620 g/mol. The summed E-state index contributed by atoms with van der Waals surface area (Å²) >= 11 is 0. The Balaban J connectivity index is 1.60. The lowest BCUT2D eigenvalue weighted by molar-refractivity contribution is -0.118. The van der Waals surface area contributed by atoms with Crippen molar-refractivity contribution in [2.45, 2.75) is 25.2 Å². The number of nitrogens with one attached hydrogen (secondary N) is 2. The van der Waals surface area contributed by atoms with E-state index in [1.807, 2.05) is 36.4 Å². The summed E-state index contributed by atoms with van der Waals surface area (Å²) in [6.45, 7) is 3.02. The molecule has 0 saturated carbocycles. The van der Waals surface area contributed by atoms with Gasteiger partial charge in [-0.25, -0.2) is 0 Å². The highest BCUT2D eigenvalue weighted by Gasteiger charge is 2.23. The molecule has 2 unspecified atom stereocenters. The van der Waals surface area contributed by atoms with Gasteiger partial charge in [0.25, 0.3) is 0 Å². The van der Waals surface area contributed by atoms with Crippen molar-refractivity contribution >= 4 is 11.8 Å². The second-order valence-electron chi connectivity index (χ2n) is 11.1. The molecule has 2 aromatic rings.